The molecule has 1 aromatic rings. The molecule has 4 rings (SSSR count). The van der Waals surface area contributed by atoms with Crippen molar-refractivity contribution in [3.05, 3.63) is 46.2 Å². The number of carbonyl (C=O) groups excluding carboxylic acids is 3. The van der Waals surface area contributed by atoms with E-state index in [1.165, 1.54) is 4.90 Å². The average Bonchev–Trinajstić information content (AvgIpc) is 3.03. The van der Waals surface area contributed by atoms with Crippen molar-refractivity contribution in [2.24, 2.45) is 5.92 Å². The van der Waals surface area contributed by atoms with Gasteiger partial charge in [-0.1, -0.05) is 30.2 Å². The molecule has 190 valence electrons. The lowest BCUT2D eigenvalue weighted by Crippen LogP contribution is -2.49. The van der Waals surface area contributed by atoms with Gasteiger partial charge in [0.1, 0.15) is 0 Å². The third-order valence-corrected chi connectivity index (χ3v) is 7.55. The molecule has 3 aliphatic rings. The van der Waals surface area contributed by atoms with Crippen molar-refractivity contribution < 1.29 is 19.1 Å². The molecule has 1 atom stereocenters. The minimum Gasteiger partial charge on any atom is -0.463 e. The van der Waals surface area contributed by atoms with Crippen molar-refractivity contribution in [2.45, 2.75) is 52.5 Å². The second-order valence-electron chi connectivity index (χ2n) is 9.97. The first-order valence-corrected chi connectivity index (χ1v) is 12.8. The van der Waals surface area contributed by atoms with E-state index in [1.54, 1.807) is 14.0 Å². The first kappa shape index (κ1) is 25.2. The zero-order chi connectivity index (χ0) is 25.1. The molecule has 2 heterocycles. The van der Waals surface area contributed by atoms with Crippen LogP contribution < -0.4 is 5.32 Å². The molecule has 0 aromatic heterocycles. The third-order valence-electron chi connectivity index (χ3n) is 7.55. The maximum Gasteiger partial charge on any atom is 0.338 e. The van der Waals surface area contributed by atoms with Gasteiger partial charge >= 0.3 is 12.0 Å². The zero-order valence-electron chi connectivity index (χ0n) is 21.4. The Kier molecular flexibility index (Phi) is 7.79. The van der Waals surface area contributed by atoms with E-state index >= 15 is 0 Å². The van der Waals surface area contributed by atoms with Crippen molar-refractivity contribution in [3.63, 3.8) is 0 Å². The van der Waals surface area contributed by atoms with Gasteiger partial charge in [0.15, 0.2) is 0 Å². The van der Waals surface area contributed by atoms with Crippen LogP contribution in [0.15, 0.2) is 29.5 Å². The standard InChI is InChI=1S/C27H38N4O4/c1-5-35-26(33)23-22(17-30-12-7-13-31(15-14-30)25(32)20-8-6-9-20)29(4)27(34)28-24(23)21-16-18(2)10-11-19(21)3/h10-11,16,20,24H,5-9,12-15,17H2,1-4H3,(H,28,34). The number of urea groups is 1. The van der Waals surface area contributed by atoms with Gasteiger partial charge in [-0.15, -0.1) is 0 Å². The molecule has 8 heteroatoms. The normalized spacial score (nSPS) is 21.9. The van der Waals surface area contributed by atoms with E-state index in [4.69, 9.17) is 4.74 Å². The highest BCUT2D eigenvalue weighted by Crippen LogP contribution is 2.34. The highest BCUT2D eigenvalue weighted by molar-refractivity contribution is 5.95. The Labute approximate surface area is 208 Å². The molecule has 1 aliphatic carbocycles. The van der Waals surface area contributed by atoms with Crippen LogP contribution in [0.5, 0.6) is 0 Å². The summed E-state index contributed by atoms with van der Waals surface area (Å²) in [7, 11) is 1.70. The number of rotatable bonds is 6. The quantitative estimate of drug-likeness (QED) is 0.630. The fourth-order valence-corrected chi connectivity index (χ4v) is 5.18. The fraction of sp³-hybridized carbons (Fsp3) is 0.593. The van der Waals surface area contributed by atoms with Gasteiger partial charge in [-0.05, 0) is 51.2 Å². The van der Waals surface area contributed by atoms with Crippen LogP contribution in [0.25, 0.3) is 0 Å². The summed E-state index contributed by atoms with van der Waals surface area (Å²) < 4.78 is 5.48. The Bertz CT molecular complexity index is 1020. The van der Waals surface area contributed by atoms with Crippen LogP contribution in [0.4, 0.5) is 4.79 Å². The lowest BCUT2D eigenvalue weighted by atomic mass is 9.84. The number of nitrogens with zero attached hydrogens (tertiary/aromatic N) is 3. The summed E-state index contributed by atoms with van der Waals surface area (Å²) in [5, 5.41) is 3.02. The molecule has 1 saturated carbocycles. The van der Waals surface area contributed by atoms with E-state index < -0.39 is 12.0 Å². The van der Waals surface area contributed by atoms with Crippen molar-refractivity contribution in [2.75, 3.05) is 46.4 Å². The smallest absolute Gasteiger partial charge is 0.338 e. The lowest BCUT2D eigenvalue weighted by Gasteiger charge is -2.37. The number of hydrogen-bond donors (Lipinski definition) is 1. The van der Waals surface area contributed by atoms with Gasteiger partial charge in [0.25, 0.3) is 0 Å². The number of benzene rings is 1. The Morgan fingerprint density at radius 3 is 2.54 bits per heavy atom. The predicted octanol–water partition coefficient (Wildman–Crippen LogP) is 3.15. The van der Waals surface area contributed by atoms with Crippen LogP contribution in [-0.2, 0) is 14.3 Å². The second kappa shape index (κ2) is 10.8. The van der Waals surface area contributed by atoms with E-state index in [0.29, 0.717) is 30.9 Å². The molecule has 3 amide bonds. The van der Waals surface area contributed by atoms with Gasteiger partial charge in [-0.25, -0.2) is 9.59 Å². The molecule has 1 saturated heterocycles. The molecule has 8 nitrogen and oxygen atoms in total. The number of nitrogens with one attached hydrogen (secondary N) is 1. The second-order valence-corrected chi connectivity index (χ2v) is 9.97. The summed E-state index contributed by atoms with van der Waals surface area (Å²) in [6.45, 7) is 9.44. The molecule has 35 heavy (non-hydrogen) atoms. The number of carbonyl (C=O) groups is 3. The fourth-order valence-electron chi connectivity index (χ4n) is 5.18. The van der Waals surface area contributed by atoms with Crippen LogP contribution in [-0.4, -0.2) is 79.0 Å². The lowest BCUT2D eigenvalue weighted by molar-refractivity contribution is -0.139. The van der Waals surface area contributed by atoms with Gasteiger partial charge in [0, 0.05) is 51.4 Å². The molecule has 0 bridgehead atoms. The summed E-state index contributed by atoms with van der Waals surface area (Å²) >= 11 is 0. The van der Waals surface area contributed by atoms with Crippen LogP contribution in [0.2, 0.25) is 0 Å². The maximum atomic E-state index is 13.3. The molecule has 2 aliphatic heterocycles. The monoisotopic (exact) mass is 482 g/mol. The molecule has 1 aromatic carbocycles. The van der Waals surface area contributed by atoms with Crippen molar-refractivity contribution >= 4 is 17.9 Å². The topological polar surface area (TPSA) is 82.2 Å². The Morgan fingerprint density at radius 2 is 1.86 bits per heavy atom. The van der Waals surface area contributed by atoms with Gasteiger partial charge in [-0.3, -0.25) is 14.6 Å². The van der Waals surface area contributed by atoms with Crippen LogP contribution in [0.1, 0.15) is 55.3 Å². The first-order valence-electron chi connectivity index (χ1n) is 12.8. The minimum absolute atomic E-state index is 0.200. The van der Waals surface area contributed by atoms with Crippen molar-refractivity contribution in [3.8, 4) is 0 Å². The largest absolute Gasteiger partial charge is 0.463 e. The first-order chi connectivity index (χ1) is 16.8. The highest BCUT2D eigenvalue weighted by Gasteiger charge is 2.38. The number of amides is 3. The molecule has 0 spiro atoms. The third kappa shape index (κ3) is 5.37. The van der Waals surface area contributed by atoms with Crippen molar-refractivity contribution in [1.29, 1.82) is 0 Å². The number of likely N-dealkylation sites (N-methyl/N-ethyl adjacent to an activating group) is 1. The molecular formula is C27H38N4O4. The number of ether oxygens (including phenoxy) is 1. The van der Waals surface area contributed by atoms with E-state index in [1.807, 2.05) is 36.9 Å². The van der Waals surface area contributed by atoms with Crippen LogP contribution in [0.3, 0.4) is 0 Å². The van der Waals surface area contributed by atoms with E-state index in [2.05, 4.69) is 10.2 Å². The number of esters is 1. The molecule has 2 fully saturated rings. The highest BCUT2D eigenvalue weighted by atomic mass is 16.5. The summed E-state index contributed by atoms with van der Waals surface area (Å²) in [5.41, 5.74) is 4.12. The summed E-state index contributed by atoms with van der Waals surface area (Å²) in [4.78, 5) is 44.9. The summed E-state index contributed by atoms with van der Waals surface area (Å²) in [6.07, 6.45) is 4.04. The predicted molar refractivity (Wildman–Crippen MR) is 134 cm³/mol. The van der Waals surface area contributed by atoms with Crippen LogP contribution >= 0.6 is 0 Å². The molecule has 0 radical (unpaired) electrons. The van der Waals surface area contributed by atoms with Gasteiger partial charge in [0.05, 0.1) is 18.2 Å². The van der Waals surface area contributed by atoms with Gasteiger partial charge < -0.3 is 15.0 Å². The van der Waals surface area contributed by atoms with Crippen molar-refractivity contribution in [1.82, 2.24) is 20.0 Å². The van der Waals surface area contributed by atoms with E-state index in [-0.39, 0.29) is 24.5 Å². The zero-order valence-corrected chi connectivity index (χ0v) is 21.4. The Morgan fingerprint density at radius 1 is 1.09 bits per heavy atom. The van der Waals surface area contributed by atoms with Gasteiger partial charge in [-0.2, -0.15) is 0 Å². The Hall–Kier alpha value is -2.87. The number of hydrogen-bond acceptors (Lipinski definition) is 5. The summed E-state index contributed by atoms with van der Waals surface area (Å²) in [5.74, 6) is 0.0803. The maximum absolute atomic E-state index is 13.3. The summed E-state index contributed by atoms with van der Waals surface area (Å²) in [6, 6.07) is 5.25. The van der Waals surface area contributed by atoms with E-state index in [9.17, 15) is 14.4 Å². The van der Waals surface area contributed by atoms with E-state index in [0.717, 1.165) is 55.5 Å². The number of aryl methyl sites for hydroxylation is 2. The van der Waals surface area contributed by atoms with Gasteiger partial charge in [0.2, 0.25) is 5.91 Å². The average molecular weight is 483 g/mol. The SMILES string of the molecule is CCOC(=O)C1=C(CN2CCCN(C(=O)C3CCC3)CC2)N(C)C(=O)NC1c1cc(C)ccc1C. The molecule has 1 N–H and O–H groups in total. The van der Waals surface area contributed by atoms with Crippen LogP contribution in [0, 0.1) is 19.8 Å². The minimum atomic E-state index is -0.573. The Balaban J connectivity index is 1.63. The molecule has 1 unspecified atom stereocenters. The molecular weight excluding hydrogens is 444 g/mol.